The third kappa shape index (κ3) is 4.07. The molecule has 114 valence electrons. The first-order valence-corrected chi connectivity index (χ1v) is 7.81. The Morgan fingerprint density at radius 1 is 0.950 bits per heavy atom. The molecule has 0 bridgehead atoms. The SMILES string of the molecule is Cc1cc(C)c(C(CN)N(CC(C)C)C(C)C)cc1C. The molecule has 0 saturated carbocycles. The Kier molecular flexibility index (Phi) is 6.22. The van der Waals surface area contributed by atoms with Gasteiger partial charge in [-0.05, 0) is 62.8 Å². The van der Waals surface area contributed by atoms with E-state index in [9.17, 15) is 0 Å². The van der Waals surface area contributed by atoms with Gasteiger partial charge in [-0.1, -0.05) is 26.0 Å². The van der Waals surface area contributed by atoms with E-state index in [1.807, 2.05) is 0 Å². The molecule has 0 heterocycles. The highest BCUT2D eigenvalue weighted by molar-refractivity contribution is 5.38. The normalized spacial score (nSPS) is 13.6. The molecule has 0 aliphatic rings. The molecule has 20 heavy (non-hydrogen) atoms. The van der Waals surface area contributed by atoms with E-state index in [2.05, 4.69) is 65.5 Å². The standard InChI is InChI=1S/C18H32N2/c1-12(2)11-20(13(3)4)18(10-19)17-9-15(6)14(5)8-16(17)7/h8-9,12-13,18H,10-11,19H2,1-7H3. The molecule has 0 saturated heterocycles. The molecule has 0 aromatic heterocycles. The van der Waals surface area contributed by atoms with E-state index in [4.69, 9.17) is 5.73 Å². The fraction of sp³-hybridized carbons (Fsp3) is 0.667. The molecule has 0 fully saturated rings. The number of hydrogen-bond acceptors (Lipinski definition) is 2. The molecular weight excluding hydrogens is 244 g/mol. The minimum Gasteiger partial charge on any atom is -0.329 e. The van der Waals surface area contributed by atoms with Crippen molar-refractivity contribution in [2.24, 2.45) is 11.7 Å². The zero-order chi connectivity index (χ0) is 15.4. The van der Waals surface area contributed by atoms with Crippen LogP contribution < -0.4 is 5.73 Å². The molecule has 2 heteroatoms. The van der Waals surface area contributed by atoms with Crippen LogP contribution in [0.5, 0.6) is 0 Å². The predicted octanol–water partition coefficient (Wildman–Crippen LogP) is 3.98. The van der Waals surface area contributed by atoms with Crippen molar-refractivity contribution in [3.05, 3.63) is 34.4 Å². The van der Waals surface area contributed by atoms with E-state index >= 15 is 0 Å². The minimum atomic E-state index is 0.316. The predicted molar refractivity (Wildman–Crippen MR) is 89.1 cm³/mol. The third-order valence-corrected chi connectivity index (χ3v) is 4.10. The highest BCUT2D eigenvalue weighted by atomic mass is 15.2. The zero-order valence-electron chi connectivity index (χ0n) is 14.3. The second kappa shape index (κ2) is 7.24. The largest absolute Gasteiger partial charge is 0.329 e. The topological polar surface area (TPSA) is 29.3 Å². The molecular formula is C18H32N2. The summed E-state index contributed by atoms with van der Waals surface area (Å²) in [6.45, 7) is 17.4. The molecule has 0 spiro atoms. The Bertz CT molecular complexity index is 435. The molecule has 1 rings (SSSR count). The summed E-state index contributed by atoms with van der Waals surface area (Å²) in [6, 6.07) is 5.45. The van der Waals surface area contributed by atoms with Crippen LogP contribution in [-0.2, 0) is 0 Å². The van der Waals surface area contributed by atoms with Gasteiger partial charge in [0.1, 0.15) is 0 Å². The Morgan fingerprint density at radius 3 is 1.95 bits per heavy atom. The lowest BCUT2D eigenvalue weighted by atomic mass is 9.93. The van der Waals surface area contributed by atoms with Gasteiger partial charge in [0, 0.05) is 25.2 Å². The molecule has 1 unspecified atom stereocenters. The smallest absolute Gasteiger partial charge is 0.0475 e. The van der Waals surface area contributed by atoms with Crippen molar-refractivity contribution in [3.8, 4) is 0 Å². The third-order valence-electron chi connectivity index (χ3n) is 4.10. The van der Waals surface area contributed by atoms with Crippen LogP contribution in [-0.4, -0.2) is 24.0 Å². The Hall–Kier alpha value is -0.860. The summed E-state index contributed by atoms with van der Waals surface area (Å²) in [5.41, 5.74) is 11.6. The summed E-state index contributed by atoms with van der Waals surface area (Å²) in [5, 5.41) is 0. The Balaban J connectivity index is 3.19. The number of aryl methyl sites for hydroxylation is 3. The van der Waals surface area contributed by atoms with Gasteiger partial charge in [0.25, 0.3) is 0 Å². The van der Waals surface area contributed by atoms with Gasteiger partial charge in [-0.3, -0.25) is 4.90 Å². The first kappa shape index (κ1) is 17.2. The summed E-state index contributed by atoms with van der Waals surface area (Å²) in [7, 11) is 0. The summed E-state index contributed by atoms with van der Waals surface area (Å²) >= 11 is 0. The second-order valence-electron chi connectivity index (χ2n) is 6.73. The summed E-state index contributed by atoms with van der Waals surface area (Å²) in [5.74, 6) is 0.651. The van der Waals surface area contributed by atoms with Crippen LogP contribution in [0.4, 0.5) is 0 Å². The number of nitrogens with two attached hydrogens (primary N) is 1. The van der Waals surface area contributed by atoms with Crippen molar-refractivity contribution < 1.29 is 0 Å². The Labute approximate surface area is 125 Å². The lowest BCUT2D eigenvalue weighted by molar-refractivity contribution is 0.138. The van der Waals surface area contributed by atoms with Crippen molar-refractivity contribution in [1.82, 2.24) is 4.90 Å². The van der Waals surface area contributed by atoms with Gasteiger partial charge in [0.05, 0.1) is 0 Å². The van der Waals surface area contributed by atoms with Crippen molar-refractivity contribution in [2.75, 3.05) is 13.1 Å². The van der Waals surface area contributed by atoms with Crippen LogP contribution in [0.2, 0.25) is 0 Å². The highest BCUT2D eigenvalue weighted by Gasteiger charge is 2.24. The molecule has 0 radical (unpaired) electrons. The van der Waals surface area contributed by atoms with Crippen LogP contribution in [0.15, 0.2) is 12.1 Å². The average Bonchev–Trinajstić information content (AvgIpc) is 2.34. The molecule has 1 aromatic carbocycles. The van der Waals surface area contributed by atoms with E-state index in [0.29, 0.717) is 24.5 Å². The van der Waals surface area contributed by atoms with E-state index in [1.54, 1.807) is 0 Å². The van der Waals surface area contributed by atoms with Gasteiger partial charge in [0.2, 0.25) is 0 Å². The maximum absolute atomic E-state index is 6.13. The molecule has 1 atom stereocenters. The molecule has 2 nitrogen and oxygen atoms in total. The fourth-order valence-corrected chi connectivity index (χ4v) is 2.90. The van der Waals surface area contributed by atoms with Gasteiger partial charge < -0.3 is 5.73 Å². The maximum atomic E-state index is 6.13. The van der Waals surface area contributed by atoms with E-state index in [1.165, 1.54) is 22.3 Å². The van der Waals surface area contributed by atoms with E-state index < -0.39 is 0 Å². The first-order valence-electron chi connectivity index (χ1n) is 7.81. The summed E-state index contributed by atoms with van der Waals surface area (Å²) in [6.07, 6.45) is 0. The van der Waals surface area contributed by atoms with Gasteiger partial charge >= 0.3 is 0 Å². The van der Waals surface area contributed by atoms with Gasteiger partial charge in [-0.2, -0.15) is 0 Å². The number of rotatable bonds is 6. The molecule has 0 aliphatic heterocycles. The van der Waals surface area contributed by atoms with Gasteiger partial charge in [0.15, 0.2) is 0 Å². The first-order chi connectivity index (χ1) is 9.27. The lowest BCUT2D eigenvalue weighted by Gasteiger charge is -2.37. The van der Waals surface area contributed by atoms with Crippen molar-refractivity contribution in [3.63, 3.8) is 0 Å². The maximum Gasteiger partial charge on any atom is 0.0475 e. The monoisotopic (exact) mass is 276 g/mol. The molecule has 1 aromatic rings. The Morgan fingerprint density at radius 2 is 1.50 bits per heavy atom. The lowest BCUT2D eigenvalue weighted by Crippen LogP contribution is -2.41. The minimum absolute atomic E-state index is 0.316. The number of hydrogen-bond donors (Lipinski definition) is 1. The van der Waals surface area contributed by atoms with Gasteiger partial charge in [-0.15, -0.1) is 0 Å². The number of benzene rings is 1. The molecule has 2 N–H and O–H groups in total. The van der Waals surface area contributed by atoms with Crippen molar-refractivity contribution in [2.45, 2.75) is 60.5 Å². The van der Waals surface area contributed by atoms with Crippen LogP contribution in [0.25, 0.3) is 0 Å². The van der Waals surface area contributed by atoms with Crippen LogP contribution >= 0.6 is 0 Å². The van der Waals surface area contributed by atoms with Crippen molar-refractivity contribution in [1.29, 1.82) is 0 Å². The quantitative estimate of drug-likeness (QED) is 0.851. The fourth-order valence-electron chi connectivity index (χ4n) is 2.90. The summed E-state index contributed by atoms with van der Waals surface area (Å²) < 4.78 is 0. The zero-order valence-corrected chi connectivity index (χ0v) is 14.3. The van der Waals surface area contributed by atoms with Crippen LogP contribution in [0.1, 0.15) is 56.0 Å². The van der Waals surface area contributed by atoms with E-state index in [0.717, 1.165) is 6.54 Å². The average molecular weight is 276 g/mol. The molecule has 0 amide bonds. The summed E-state index contributed by atoms with van der Waals surface area (Å²) in [4.78, 5) is 2.54. The molecule has 0 aliphatic carbocycles. The van der Waals surface area contributed by atoms with Crippen LogP contribution in [0, 0.1) is 26.7 Å². The van der Waals surface area contributed by atoms with Gasteiger partial charge in [-0.25, -0.2) is 0 Å². The van der Waals surface area contributed by atoms with Crippen LogP contribution in [0.3, 0.4) is 0 Å². The second-order valence-corrected chi connectivity index (χ2v) is 6.73. The number of nitrogens with zero attached hydrogens (tertiary/aromatic N) is 1. The highest BCUT2D eigenvalue weighted by Crippen LogP contribution is 2.28. The van der Waals surface area contributed by atoms with Crippen molar-refractivity contribution >= 4 is 0 Å². The van der Waals surface area contributed by atoms with E-state index in [-0.39, 0.29) is 0 Å².